The van der Waals surface area contributed by atoms with Crippen LogP contribution in [0, 0.1) is 17.2 Å². The molecule has 0 spiro atoms. The maximum Gasteiger partial charge on any atom is 0.220 e. The number of nitrogens with zero attached hydrogens (tertiary/aromatic N) is 1. The van der Waals surface area contributed by atoms with Crippen LogP contribution in [0.5, 0.6) is 5.75 Å². The van der Waals surface area contributed by atoms with E-state index in [1.54, 1.807) is 18.2 Å². The lowest BCUT2D eigenvalue weighted by molar-refractivity contribution is -0.123. The summed E-state index contributed by atoms with van der Waals surface area (Å²) in [5, 5.41) is 9.19. The van der Waals surface area contributed by atoms with Gasteiger partial charge in [0.05, 0.1) is 16.7 Å². The number of carbonyl (C=O) groups excluding carboxylic acids is 1. The third-order valence-electron chi connectivity index (χ3n) is 3.44. The summed E-state index contributed by atoms with van der Waals surface area (Å²) >= 11 is 5.95. The highest BCUT2D eigenvalue weighted by atomic mass is 35.5. The molecular formula is C14H15ClN2O2. The van der Waals surface area contributed by atoms with E-state index >= 15 is 0 Å². The fourth-order valence-electron chi connectivity index (χ4n) is 2.32. The third kappa shape index (κ3) is 3.39. The van der Waals surface area contributed by atoms with E-state index in [1.165, 1.54) is 0 Å². The lowest BCUT2D eigenvalue weighted by atomic mass is 9.87. The monoisotopic (exact) mass is 278 g/mol. The van der Waals surface area contributed by atoms with Gasteiger partial charge in [0, 0.05) is 12.0 Å². The second-order valence-corrected chi connectivity index (χ2v) is 5.15. The SMILES string of the molecule is N#Cc1ccc(OC2CCC(C(N)=O)CC2)cc1Cl. The topological polar surface area (TPSA) is 76.1 Å². The van der Waals surface area contributed by atoms with Crippen LogP contribution < -0.4 is 10.5 Å². The van der Waals surface area contributed by atoms with Crippen LogP contribution >= 0.6 is 11.6 Å². The summed E-state index contributed by atoms with van der Waals surface area (Å²) < 4.78 is 5.82. The molecule has 0 aromatic heterocycles. The molecule has 1 amide bonds. The van der Waals surface area contributed by atoms with Crippen LogP contribution in [0.4, 0.5) is 0 Å². The number of rotatable bonds is 3. The van der Waals surface area contributed by atoms with Gasteiger partial charge in [-0.25, -0.2) is 0 Å². The van der Waals surface area contributed by atoms with Gasteiger partial charge in [-0.05, 0) is 37.8 Å². The first-order chi connectivity index (χ1) is 9.10. The van der Waals surface area contributed by atoms with Crippen molar-refractivity contribution in [1.29, 1.82) is 5.26 Å². The van der Waals surface area contributed by atoms with Crippen LogP contribution in [0.1, 0.15) is 31.2 Å². The molecule has 0 unspecified atom stereocenters. The van der Waals surface area contributed by atoms with Gasteiger partial charge >= 0.3 is 0 Å². The zero-order valence-corrected chi connectivity index (χ0v) is 11.2. The molecule has 0 radical (unpaired) electrons. The molecule has 2 N–H and O–H groups in total. The Kier molecular flexibility index (Phi) is 4.28. The summed E-state index contributed by atoms with van der Waals surface area (Å²) in [5.41, 5.74) is 5.73. The molecule has 0 saturated heterocycles. The molecule has 1 fully saturated rings. The number of ether oxygens (including phenoxy) is 1. The average Bonchev–Trinajstić information content (AvgIpc) is 2.39. The van der Waals surface area contributed by atoms with E-state index in [1.807, 2.05) is 6.07 Å². The number of benzene rings is 1. The largest absolute Gasteiger partial charge is 0.490 e. The van der Waals surface area contributed by atoms with Gasteiger partial charge in [-0.2, -0.15) is 5.26 Å². The highest BCUT2D eigenvalue weighted by Gasteiger charge is 2.25. The van der Waals surface area contributed by atoms with Crippen LogP contribution in [0.15, 0.2) is 18.2 Å². The first-order valence-electron chi connectivity index (χ1n) is 6.25. The van der Waals surface area contributed by atoms with E-state index in [-0.39, 0.29) is 17.9 Å². The minimum atomic E-state index is -0.222. The van der Waals surface area contributed by atoms with Crippen molar-refractivity contribution in [2.24, 2.45) is 11.7 Å². The molecule has 4 nitrogen and oxygen atoms in total. The summed E-state index contributed by atoms with van der Waals surface area (Å²) in [6.45, 7) is 0. The normalized spacial score (nSPS) is 22.5. The Morgan fingerprint density at radius 3 is 2.58 bits per heavy atom. The van der Waals surface area contributed by atoms with Crippen LogP contribution in [0.3, 0.4) is 0 Å². The number of halogens is 1. The highest BCUT2D eigenvalue weighted by Crippen LogP contribution is 2.29. The Labute approximate surface area is 117 Å². The lowest BCUT2D eigenvalue weighted by Crippen LogP contribution is -2.31. The van der Waals surface area contributed by atoms with Gasteiger partial charge in [-0.1, -0.05) is 11.6 Å². The van der Waals surface area contributed by atoms with Gasteiger partial charge in [0.25, 0.3) is 0 Å². The zero-order valence-electron chi connectivity index (χ0n) is 10.4. The number of primary amides is 1. The maximum atomic E-state index is 11.1. The number of carbonyl (C=O) groups is 1. The van der Waals surface area contributed by atoms with E-state index in [4.69, 9.17) is 27.3 Å². The fraction of sp³-hybridized carbons (Fsp3) is 0.429. The lowest BCUT2D eigenvalue weighted by Gasteiger charge is -2.27. The summed E-state index contributed by atoms with van der Waals surface area (Å²) in [7, 11) is 0. The van der Waals surface area contributed by atoms with Crippen LogP contribution in [0.25, 0.3) is 0 Å². The molecule has 1 aromatic rings. The molecule has 2 rings (SSSR count). The molecule has 0 atom stereocenters. The average molecular weight is 279 g/mol. The molecule has 100 valence electrons. The minimum absolute atomic E-state index is 0.0237. The van der Waals surface area contributed by atoms with Crippen molar-refractivity contribution in [1.82, 2.24) is 0 Å². The first-order valence-corrected chi connectivity index (χ1v) is 6.63. The summed E-state index contributed by atoms with van der Waals surface area (Å²) in [5.74, 6) is 0.413. The Morgan fingerprint density at radius 2 is 2.05 bits per heavy atom. The fourth-order valence-corrected chi connectivity index (χ4v) is 2.53. The second kappa shape index (κ2) is 5.94. The van der Waals surface area contributed by atoms with Crippen molar-refractivity contribution < 1.29 is 9.53 Å². The molecule has 1 saturated carbocycles. The molecule has 1 aliphatic rings. The van der Waals surface area contributed by atoms with E-state index in [0.29, 0.717) is 16.3 Å². The van der Waals surface area contributed by atoms with Gasteiger partial charge in [0.2, 0.25) is 5.91 Å². The van der Waals surface area contributed by atoms with Crippen molar-refractivity contribution in [3.63, 3.8) is 0 Å². The highest BCUT2D eigenvalue weighted by molar-refractivity contribution is 6.31. The maximum absolute atomic E-state index is 11.1. The van der Waals surface area contributed by atoms with Gasteiger partial charge in [0.1, 0.15) is 11.8 Å². The Balaban J connectivity index is 1.94. The smallest absolute Gasteiger partial charge is 0.220 e. The van der Waals surface area contributed by atoms with Gasteiger partial charge in [0.15, 0.2) is 0 Å². The molecule has 1 aliphatic carbocycles. The van der Waals surface area contributed by atoms with Crippen molar-refractivity contribution in [2.75, 3.05) is 0 Å². The van der Waals surface area contributed by atoms with Gasteiger partial charge in [-0.15, -0.1) is 0 Å². The van der Waals surface area contributed by atoms with Crippen molar-refractivity contribution in [3.05, 3.63) is 28.8 Å². The molecule has 19 heavy (non-hydrogen) atoms. The Morgan fingerprint density at radius 1 is 1.37 bits per heavy atom. The van der Waals surface area contributed by atoms with Crippen LogP contribution in [-0.2, 0) is 4.79 Å². The van der Waals surface area contributed by atoms with Crippen LogP contribution in [0.2, 0.25) is 5.02 Å². The molecule has 0 aliphatic heterocycles. The standard InChI is InChI=1S/C14H15ClN2O2/c15-13-7-12(6-3-10(13)8-16)19-11-4-1-9(2-5-11)14(17)18/h3,6-7,9,11H,1-2,4-5H2,(H2,17,18). The number of hydrogen-bond donors (Lipinski definition) is 1. The number of hydrogen-bond acceptors (Lipinski definition) is 3. The predicted molar refractivity (Wildman–Crippen MR) is 71.7 cm³/mol. The van der Waals surface area contributed by atoms with Gasteiger partial charge < -0.3 is 10.5 Å². The quantitative estimate of drug-likeness (QED) is 0.923. The van der Waals surface area contributed by atoms with E-state index in [0.717, 1.165) is 25.7 Å². The Hall–Kier alpha value is -1.73. The third-order valence-corrected chi connectivity index (χ3v) is 3.75. The number of amides is 1. The van der Waals surface area contributed by atoms with E-state index in [2.05, 4.69) is 0 Å². The van der Waals surface area contributed by atoms with Crippen molar-refractivity contribution in [2.45, 2.75) is 31.8 Å². The molecule has 5 heteroatoms. The van der Waals surface area contributed by atoms with Crippen LogP contribution in [-0.4, -0.2) is 12.0 Å². The zero-order chi connectivity index (χ0) is 13.8. The minimum Gasteiger partial charge on any atom is -0.490 e. The van der Waals surface area contributed by atoms with E-state index < -0.39 is 0 Å². The van der Waals surface area contributed by atoms with E-state index in [9.17, 15) is 4.79 Å². The predicted octanol–water partition coefficient (Wildman–Crippen LogP) is 2.63. The first kappa shape index (κ1) is 13.7. The summed E-state index contributed by atoms with van der Waals surface area (Å²) in [6.07, 6.45) is 3.24. The second-order valence-electron chi connectivity index (χ2n) is 4.75. The molecule has 0 bridgehead atoms. The Bertz CT molecular complexity index is 517. The molecule has 1 aromatic carbocycles. The molecular weight excluding hydrogens is 264 g/mol. The van der Waals surface area contributed by atoms with Crippen molar-refractivity contribution >= 4 is 17.5 Å². The van der Waals surface area contributed by atoms with Crippen molar-refractivity contribution in [3.8, 4) is 11.8 Å². The summed E-state index contributed by atoms with van der Waals surface area (Å²) in [6, 6.07) is 7.04. The summed E-state index contributed by atoms with van der Waals surface area (Å²) in [4.78, 5) is 11.1. The van der Waals surface area contributed by atoms with Gasteiger partial charge in [-0.3, -0.25) is 4.79 Å². The number of nitrogens with two attached hydrogens (primary N) is 1. The molecule has 0 heterocycles. The number of nitriles is 1.